The van der Waals surface area contributed by atoms with Crippen LogP contribution >= 0.6 is 0 Å². The van der Waals surface area contributed by atoms with Gasteiger partial charge in [0, 0.05) is 12.1 Å². The standard InChI is InChI=1S/C16H16N2O3/c1-10(17-16(20)14-3-2-8-21-14)11-4-6-13-12(9-11)5-7-15(19)18-13/h2-4,6,8-10H,5,7H2,1H3,(H,17,20)(H,18,19). The summed E-state index contributed by atoms with van der Waals surface area (Å²) in [6.45, 7) is 1.92. The van der Waals surface area contributed by atoms with Crippen molar-refractivity contribution in [1.29, 1.82) is 0 Å². The predicted molar refractivity (Wildman–Crippen MR) is 78.0 cm³/mol. The first kappa shape index (κ1) is 13.4. The first-order valence-electron chi connectivity index (χ1n) is 6.90. The van der Waals surface area contributed by atoms with E-state index in [2.05, 4.69) is 10.6 Å². The number of amides is 2. The minimum absolute atomic E-state index is 0.0504. The van der Waals surface area contributed by atoms with Crippen LogP contribution in [-0.2, 0) is 11.2 Å². The summed E-state index contributed by atoms with van der Waals surface area (Å²) >= 11 is 0. The lowest BCUT2D eigenvalue weighted by Gasteiger charge is -2.20. The van der Waals surface area contributed by atoms with Crippen molar-refractivity contribution in [3.05, 3.63) is 53.5 Å². The van der Waals surface area contributed by atoms with Crippen molar-refractivity contribution in [2.75, 3.05) is 5.32 Å². The maximum Gasteiger partial charge on any atom is 0.287 e. The van der Waals surface area contributed by atoms with Gasteiger partial charge in [-0.15, -0.1) is 0 Å². The molecule has 0 radical (unpaired) electrons. The normalized spacial score (nSPS) is 15.0. The lowest BCUT2D eigenvalue weighted by atomic mass is 9.98. The number of benzene rings is 1. The molecule has 2 aromatic rings. The molecule has 1 unspecified atom stereocenters. The summed E-state index contributed by atoms with van der Waals surface area (Å²) in [4.78, 5) is 23.3. The SMILES string of the molecule is CC(NC(=O)c1ccco1)c1ccc2c(c1)CCC(=O)N2. The summed E-state index contributed by atoms with van der Waals surface area (Å²) in [5.74, 6) is 0.111. The van der Waals surface area contributed by atoms with Crippen LogP contribution in [0.4, 0.5) is 5.69 Å². The molecule has 1 atom stereocenters. The number of carbonyl (C=O) groups excluding carboxylic acids is 2. The van der Waals surface area contributed by atoms with E-state index in [4.69, 9.17) is 4.42 Å². The van der Waals surface area contributed by atoms with Crippen molar-refractivity contribution in [3.8, 4) is 0 Å². The number of rotatable bonds is 3. The van der Waals surface area contributed by atoms with Crippen molar-refractivity contribution < 1.29 is 14.0 Å². The molecule has 0 fully saturated rings. The maximum atomic E-state index is 12.0. The molecule has 0 saturated carbocycles. The highest BCUT2D eigenvalue weighted by Gasteiger charge is 2.18. The van der Waals surface area contributed by atoms with Crippen LogP contribution in [0, 0.1) is 0 Å². The molecule has 1 aliphatic rings. The summed E-state index contributed by atoms with van der Waals surface area (Å²) in [7, 11) is 0. The third-order valence-corrected chi connectivity index (χ3v) is 3.62. The number of hydrogen-bond donors (Lipinski definition) is 2. The van der Waals surface area contributed by atoms with Gasteiger partial charge in [-0.1, -0.05) is 12.1 Å². The molecule has 1 aromatic heterocycles. The Morgan fingerprint density at radius 2 is 2.19 bits per heavy atom. The first-order chi connectivity index (χ1) is 10.1. The van der Waals surface area contributed by atoms with Gasteiger partial charge in [0.25, 0.3) is 5.91 Å². The zero-order valence-electron chi connectivity index (χ0n) is 11.7. The summed E-state index contributed by atoms with van der Waals surface area (Å²) in [5, 5.41) is 5.74. The molecule has 3 rings (SSSR count). The minimum Gasteiger partial charge on any atom is -0.459 e. The number of hydrogen-bond acceptors (Lipinski definition) is 3. The van der Waals surface area contributed by atoms with Crippen LogP contribution in [0.25, 0.3) is 0 Å². The Labute approximate surface area is 122 Å². The van der Waals surface area contributed by atoms with Crippen LogP contribution in [0.2, 0.25) is 0 Å². The van der Waals surface area contributed by atoms with Gasteiger partial charge >= 0.3 is 0 Å². The summed E-state index contributed by atoms with van der Waals surface area (Å²) in [6, 6.07) is 9.01. The average molecular weight is 284 g/mol. The Bertz CT molecular complexity index is 677. The molecule has 2 N–H and O–H groups in total. The van der Waals surface area contributed by atoms with E-state index in [1.54, 1.807) is 12.1 Å². The van der Waals surface area contributed by atoms with Crippen molar-refractivity contribution in [3.63, 3.8) is 0 Å². The Kier molecular flexibility index (Phi) is 3.48. The molecule has 0 saturated heterocycles. The molecule has 1 aliphatic heterocycles. The number of carbonyl (C=O) groups is 2. The van der Waals surface area contributed by atoms with Crippen LogP contribution in [0.1, 0.15) is 41.1 Å². The number of furan rings is 1. The van der Waals surface area contributed by atoms with Gasteiger partial charge in [-0.2, -0.15) is 0 Å². The molecule has 108 valence electrons. The minimum atomic E-state index is -0.237. The van der Waals surface area contributed by atoms with Crippen LogP contribution < -0.4 is 10.6 Å². The third kappa shape index (κ3) is 2.81. The predicted octanol–water partition coefficient (Wildman–Crippen LogP) is 2.66. The van der Waals surface area contributed by atoms with E-state index in [0.717, 1.165) is 23.2 Å². The fourth-order valence-electron chi connectivity index (χ4n) is 2.43. The van der Waals surface area contributed by atoms with E-state index < -0.39 is 0 Å². The Balaban J connectivity index is 1.74. The molecule has 1 aromatic carbocycles. The molecule has 0 spiro atoms. The smallest absolute Gasteiger partial charge is 0.287 e. The van der Waals surface area contributed by atoms with Crippen LogP contribution in [0.3, 0.4) is 0 Å². The zero-order chi connectivity index (χ0) is 14.8. The van der Waals surface area contributed by atoms with Crippen molar-refractivity contribution in [1.82, 2.24) is 5.32 Å². The van der Waals surface area contributed by atoms with Crippen LogP contribution in [-0.4, -0.2) is 11.8 Å². The Morgan fingerprint density at radius 3 is 2.95 bits per heavy atom. The zero-order valence-corrected chi connectivity index (χ0v) is 11.7. The molecule has 21 heavy (non-hydrogen) atoms. The quantitative estimate of drug-likeness (QED) is 0.910. The van der Waals surface area contributed by atoms with Crippen LogP contribution in [0.15, 0.2) is 41.0 Å². The molecule has 2 amide bonds. The van der Waals surface area contributed by atoms with E-state index in [0.29, 0.717) is 12.2 Å². The second kappa shape index (κ2) is 5.44. The summed E-state index contributed by atoms with van der Waals surface area (Å²) in [6.07, 6.45) is 2.71. The molecular weight excluding hydrogens is 268 g/mol. The second-order valence-electron chi connectivity index (χ2n) is 5.14. The average Bonchev–Trinajstić information content (AvgIpc) is 3.01. The second-order valence-corrected chi connectivity index (χ2v) is 5.14. The molecule has 0 aliphatic carbocycles. The fourth-order valence-corrected chi connectivity index (χ4v) is 2.43. The van der Waals surface area contributed by atoms with E-state index in [-0.39, 0.29) is 17.9 Å². The number of aryl methyl sites for hydroxylation is 1. The summed E-state index contributed by atoms with van der Waals surface area (Å²) < 4.78 is 5.07. The number of anilines is 1. The Morgan fingerprint density at radius 1 is 1.33 bits per heavy atom. The maximum absolute atomic E-state index is 12.0. The highest BCUT2D eigenvalue weighted by atomic mass is 16.3. The highest BCUT2D eigenvalue weighted by molar-refractivity contribution is 5.94. The van der Waals surface area contributed by atoms with E-state index in [1.807, 2.05) is 25.1 Å². The lowest BCUT2D eigenvalue weighted by molar-refractivity contribution is -0.116. The van der Waals surface area contributed by atoms with Crippen molar-refractivity contribution in [2.24, 2.45) is 0 Å². The van der Waals surface area contributed by atoms with Gasteiger partial charge in [0.15, 0.2) is 5.76 Å². The molecule has 5 heteroatoms. The third-order valence-electron chi connectivity index (χ3n) is 3.62. The van der Waals surface area contributed by atoms with Gasteiger partial charge < -0.3 is 15.1 Å². The first-order valence-corrected chi connectivity index (χ1v) is 6.90. The van der Waals surface area contributed by atoms with Gasteiger partial charge in [-0.05, 0) is 42.7 Å². The number of nitrogens with one attached hydrogen (secondary N) is 2. The fraction of sp³-hybridized carbons (Fsp3) is 0.250. The Hall–Kier alpha value is -2.56. The summed E-state index contributed by atoms with van der Waals surface area (Å²) in [5.41, 5.74) is 2.97. The largest absolute Gasteiger partial charge is 0.459 e. The van der Waals surface area contributed by atoms with E-state index in [9.17, 15) is 9.59 Å². The van der Waals surface area contributed by atoms with Crippen LogP contribution in [0.5, 0.6) is 0 Å². The molecule has 0 bridgehead atoms. The molecular formula is C16H16N2O3. The topological polar surface area (TPSA) is 71.3 Å². The van der Waals surface area contributed by atoms with Gasteiger partial charge in [-0.25, -0.2) is 0 Å². The highest BCUT2D eigenvalue weighted by Crippen LogP contribution is 2.26. The van der Waals surface area contributed by atoms with E-state index >= 15 is 0 Å². The van der Waals surface area contributed by atoms with Gasteiger partial charge in [0.1, 0.15) is 0 Å². The molecule has 2 heterocycles. The van der Waals surface area contributed by atoms with Gasteiger partial charge in [0.2, 0.25) is 5.91 Å². The lowest BCUT2D eigenvalue weighted by Crippen LogP contribution is -2.26. The monoisotopic (exact) mass is 284 g/mol. The number of fused-ring (bicyclic) bond motifs is 1. The van der Waals surface area contributed by atoms with Crippen molar-refractivity contribution >= 4 is 17.5 Å². The van der Waals surface area contributed by atoms with Gasteiger partial charge in [0.05, 0.1) is 12.3 Å². The molecule has 5 nitrogen and oxygen atoms in total. The van der Waals surface area contributed by atoms with E-state index in [1.165, 1.54) is 6.26 Å². The van der Waals surface area contributed by atoms with Gasteiger partial charge in [-0.3, -0.25) is 9.59 Å². The van der Waals surface area contributed by atoms with Crippen molar-refractivity contribution in [2.45, 2.75) is 25.8 Å².